The van der Waals surface area contributed by atoms with Gasteiger partial charge in [-0.3, -0.25) is 14.3 Å². The van der Waals surface area contributed by atoms with Crippen molar-refractivity contribution in [1.29, 1.82) is 0 Å². The zero-order chi connectivity index (χ0) is 16.2. The van der Waals surface area contributed by atoms with Crippen LogP contribution in [0.15, 0.2) is 12.4 Å². The van der Waals surface area contributed by atoms with E-state index >= 15 is 0 Å². The van der Waals surface area contributed by atoms with Gasteiger partial charge in [-0.2, -0.15) is 5.10 Å². The number of hydrogen-bond acceptors (Lipinski definition) is 5. The van der Waals surface area contributed by atoms with Crippen molar-refractivity contribution in [1.82, 2.24) is 29.7 Å². The molecule has 0 aromatic carbocycles. The van der Waals surface area contributed by atoms with Crippen molar-refractivity contribution in [3.05, 3.63) is 28.8 Å². The Morgan fingerprint density at radius 3 is 3.00 bits per heavy atom. The molecular weight excluding hydrogens is 316 g/mol. The number of likely N-dealkylation sites (tertiary alicyclic amines) is 1. The number of nitrogens with zero attached hydrogens (tertiary/aromatic N) is 6. The van der Waals surface area contributed by atoms with E-state index < -0.39 is 0 Å². The SMILES string of the molecule is Cn1cc(Cl)c(CN2CCC[C@H](Cn3cc(CCO)nn3)C2)n1. The molecule has 3 heterocycles. The van der Waals surface area contributed by atoms with E-state index in [1.165, 1.54) is 12.8 Å². The third kappa shape index (κ3) is 4.31. The lowest BCUT2D eigenvalue weighted by atomic mass is 9.98. The average Bonchev–Trinajstić information content (AvgIpc) is 3.07. The van der Waals surface area contributed by atoms with Crippen LogP contribution in [-0.4, -0.2) is 54.5 Å². The largest absolute Gasteiger partial charge is 0.396 e. The second-order valence-electron chi connectivity index (χ2n) is 6.25. The van der Waals surface area contributed by atoms with Gasteiger partial charge in [0.05, 0.1) is 16.4 Å². The Balaban J connectivity index is 1.56. The molecule has 0 bridgehead atoms. The molecule has 0 radical (unpaired) electrons. The fraction of sp³-hybridized carbons (Fsp3) is 0.667. The van der Waals surface area contributed by atoms with Crippen molar-refractivity contribution in [3.8, 4) is 0 Å². The average molecular weight is 339 g/mol. The van der Waals surface area contributed by atoms with Gasteiger partial charge in [-0.05, 0) is 25.3 Å². The maximum Gasteiger partial charge on any atom is 0.0950 e. The minimum absolute atomic E-state index is 0.112. The fourth-order valence-electron chi connectivity index (χ4n) is 3.19. The van der Waals surface area contributed by atoms with E-state index in [4.69, 9.17) is 16.7 Å². The highest BCUT2D eigenvalue weighted by molar-refractivity contribution is 6.31. The van der Waals surface area contributed by atoms with Crippen LogP contribution in [0, 0.1) is 5.92 Å². The molecule has 8 heteroatoms. The monoisotopic (exact) mass is 338 g/mol. The maximum atomic E-state index is 8.95. The molecule has 0 aliphatic carbocycles. The van der Waals surface area contributed by atoms with E-state index in [1.54, 1.807) is 4.68 Å². The molecule has 3 rings (SSSR count). The van der Waals surface area contributed by atoms with Crippen molar-refractivity contribution in [3.63, 3.8) is 0 Å². The Kier molecular flexibility index (Phi) is 5.30. The van der Waals surface area contributed by atoms with Crippen LogP contribution in [0.2, 0.25) is 5.02 Å². The van der Waals surface area contributed by atoms with Gasteiger partial charge < -0.3 is 5.11 Å². The summed E-state index contributed by atoms with van der Waals surface area (Å²) < 4.78 is 3.66. The van der Waals surface area contributed by atoms with Crippen LogP contribution in [0.1, 0.15) is 24.2 Å². The lowest BCUT2D eigenvalue weighted by Crippen LogP contribution is -2.36. The molecule has 1 aliphatic heterocycles. The van der Waals surface area contributed by atoms with Gasteiger partial charge in [0.1, 0.15) is 0 Å². The van der Waals surface area contributed by atoms with E-state index in [1.807, 2.05) is 24.1 Å². The molecular formula is C15H23ClN6O. The van der Waals surface area contributed by atoms with Crippen molar-refractivity contribution in [2.75, 3.05) is 19.7 Å². The van der Waals surface area contributed by atoms with Gasteiger partial charge in [0.15, 0.2) is 0 Å². The third-order valence-electron chi connectivity index (χ3n) is 4.23. The second-order valence-corrected chi connectivity index (χ2v) is 6.65. The van der Waals surface area contributed by atoms with Crippen LogP contribution in [0.5, 0.6) is 0 Å². The summed E-state index contributed by atoms with van der Waals surface area (Å²) in [5.74, 6) is 0.551. The molecule has 23 heavy (non-hydrogen) atoms. The Morgan fingerprint density at radius 1 is 1.39 bits per heavy atom. The van der Waals surface area contributed by atoms with Crippen LogP contribution in [-0.2, 0) is 26.6 Å². The molecule has 1 aliphatic rings. The standard InChI is InChI=1S/C15H23ClN6O/c1-20-10-14(16)15(18-20)11-21-5-2-3-12(7-21)8-22-9-13(4-6-23)17-19-22/h9-10,12,23H,2-8,11H2,1H3/t12-/m0/s1. The van der Waals surface area contributed by atoms with Crippen LogP contribution < -0.4 is 0 Å². The van der Waals surface area contributed by atoms with Crippen molar-refractivity contribution >= 4 is 11.6 Å². The molecule has 1 atom stereocenters. The number of piperidine rings is 1. The number of rotatable bonds is 6. The van der Waals surface area contributed by atoms with E-state index in [0.717, 1.165) is 42.6 Å². The van der Waals surface area contributed by atoms with E-state index in [-0.39, 0.29) is 6.61 Å². The van der Waals surface area contributed by atoms with Gasteiger partial charge in [0.2, 0.25) is 0 Å². The van der Waals surface area contributed by atoms with Crippen molar-refractivity contribution in [2.45, 2.75) is 32.4 Å². The molecule has 1 N–H and O–H groups in total. The van der Waals surface area contributed by atoms with Gasteiger partial charge in [-0.15, -0.1) is 5.10 Å². The predicted molar refractivity (Wildman–Crippen MR) is 87.0 cm³/mol. The lowest BCUT2D eigenvalue weighted by molar-refractivity contribution is 0.151. The smallest absolute Gasteiger partial charge is 0.0950 e. The minimum Gasteiger partial charge on any atom is -0.396 e. The lowest BCUT2D eigenvalue weighted by Gasteiger charge is -2.32. The Hall–Kier alpha value is -1.44. The van der Waals surface area contributed by atoms with Crippen LogP contribution in [0.25, 0.3) is 0 Å². The van der Waals surface area contributed by atoms with E-state index in [9.17, 15) is 0 Å². The highest BCUT2D eigenvalue weighted by Crippen LogP contribution is 2.22. The molecule has 1 saturated heterocycles. The number of aliphatic hydroxyl groups is 1. The molecule has 126 valence electrons. The van der Waals surface area contributed by atoms with Crippen LogP contribution >= 0.6 is 11.6 Å². The number of halogens is 1. The molecule has 0 saturated carbocycles. The van der Waals surface area contributed by atoms with Gasteiger partial charge in [0, 0.05) is 52.1 Å². The minimum atomic E-state index is 0.112. The highest BCUT2D eigenvalue weighted by atomic mass is 35.5. The van der Waals surface area contributed by atoms with Crippen molar-refractivity contribution < 1.29 is 5.11 Å². The molecule has 7 nitrogen and oxygen atoms in total. The Labute approximate surface area is 140 Å². The summed E-state index contributed by atoms with van der Waals surface area (Å²) in [5.41, 5.74) is 1.79. The van der Waals surface area contributed by atoms with Gasteiger partial charge >= 0.3 is 0 Å². The predicted octanol–water partition coefficient (Wildman–Crippen LogP) is 1.11. The maximum absolute atomic E-state index is 8.95. The molecule has 0 spiro atoms. The Bertz CT molecular complexity index is 640. The Morgan fingerprint density at radius 2 is 2.26 bits per heavy atom. The number of aromatic nitrogens is 5. The molecule has 0 amide bonds. The van der Waals surface area contributed by atoms with Gasteiger partial charge in [0.25, 0.3) is 0 Å². The molecule has 0 unspecified atom stereocenters. The molecule has 2 aromatic heterocycles. The van der Waals surface area contributed by atoms with E-state index in [0.29, 0.717) is 12.3 Å². The first kappa shape index (κ1) is 16.4. The quantitative estimate of drug-likeness (QED) is 0.854. The first-order chi connectivity index (χ1) is 11.1. The topological polar surface area (TPSA) is 72.0 Å². The van der Waals surface area contributed by atoms with Gasteiger partial charge in [-0.25, -0.2) is 0 Å². The normalized spacial score (nSPS) is 19.3. The number of hydrogen-bond donors (Lipinski definition) is 1. The van der Waals surface area contributed by atoms with Gasteiger partial charge in [-0.1, -0.05) is 16.8 Å². The van der Waals surface area contributed by atoms with Crippen LogP contribution in [0.4, 0.5) is 0 Å². The van der Waals surface area contributed by atoms with Crippen molar-refractivity contribution in [2.24, 2.45) is 13.0 Å². The first-order valence-corrected chi connectivity index (χ1v) is 8.42. The summed E-state index contributed by atoms with van der Waals surface area (Å²) in [6, 6.07) is 0. The number of aryl methyl sites for hydroxylation is 1. The fourth-order valence-corrected chi connectivity index (χ4v) is 3.43. The number of aliphatic hydroxyl groups excluding tert-OH is 1. The molecule has 2 aromatic rings. The summed E-state index contributed by atoms with van der Waals surface area (Å²) in [4.78, 5) is 2.41. The zero-order valence-corrected chi connectivity index (χ0v) is 14.2. The summed E-state index contributed by atoms with van der Waals surface area (Å²) in [6.07, 6.45) is 6.71. The summed E-state index contributed by atoms with van der Waals surface area (Å²) in [6.45, 7) is 3.87. The summed E-state index contributed by atoms with van der Waals surface area (Å²) in [7, 11) is 1.89. The highest BCUT2D eigenvalue weighted by Gasteiger charge is 2.22. The summed E-state index contributed by atoms with van der Waals surface area (Å²) >= 11 is 6.21. The van der Waals surface area contributed by atoms with Crippen LogP contribution in [0.3, 0.4) is 0 Å². The zero-order valence-electron chi connectivity index (χ0n) is 13.4. The van der Waals surface area contributed by atoms with E-state index in [2.05, 4.69) is 20.3 Å². The summed E-state index contributed by atoms with van der Waals surface area (Å²) in [5, 5.41) is 22.3. The second kappa shape index (κ2) is 7.42. The first-order valence-electron chi connectivity index (χ1n) is 8.04. The molecule has 1 fully saturated rings. The third-order valence-corrected chi connectivity index (χ3v) is 4.55.